The summed E-state index contributed by atoms with van der Waals surface area (Å²) in [6.07, 6.45) is 0. The minimum atomic E-state index is -0.362. The Morgan fingerprint density at radius 3 is 2.60 bits per heavy atom. The van der Waals surface area contributed by atoms with E-state index >= 15 is 0 Å². The van der Waals surface area contributed by atoms with Gasteiger partial charge in [0.05, 0.1) is 0 Å². The molecule has 1 aromatic carbocycles. The van der Waals surface area contributed by atoms with Crippen molar-refractivity contribution in [2.75, 3.05) is 24.2 Å². The lowest BCUT2D eigenvalue weighted by atomic mass is 9.95. The van der Waals surface area contributed by atoms with Crippen molar-refractivity contribution in [3.63, 3.8) is 0 Å². The summed E-state index contributed by atoms with van der Waals surface area (Å²) in [4.78, 5) is 0. The first-order valence-corrected chi connectivity index (χ1v) is 4.84. The molecule has 0 atom stereocenters. The van der Waals surface area contributed by atoms with Crippen LogP contribution in [0.3, 0.4) is 0 Å². The molecular formula is C11H17FN2O. The van der Waals surface area contributed by atoms with E-state index in [4.69, 9.17) is 10.8 Å². The molecule has 4 heteroatoms. The number of hydrogen-bond donors (Lipinski definition) is 3. The molecule has 0 aliphatic heterocycles. The Bertz CT molecular complexity index is 319. The van der Waals surface area contributed by atoms with Gasteiger partial charge in [0.25, 0.3) is 0 Å². The third-order valence-electron chi connectivity index (χ3n) is 2.12. The second-order valence-corrected chi connectivity index (χ2v) is 4.45. The zero-order chi connectivity index (χ0) is 11.5. The molecular weight excluding hydrogens is 195 g/mol. The fourth-order valence-corrected chi connectivity index (χ4v) is 1.11. The van der Waals surface area contributed by atoms with Gasteiger partial charge < -0.3 is 16.2 Å². The normalized spacial score (nSPS) is 11.5. The van der Waals surface area contributed by atoms with Crippen LogP contribution in [0.4, 0.5) is 15.8 Å². The maximum absolute atomic E-state index is 13.0. The first-order chi connectivity index (χ1) is 6.93. The Kier molecular flexibility index (Phi) is 3.52. The van der Waals surface area contributed by atoms with Crippen LogP contribution in [0.5, 0.6) is 0 Å². The van der Waals surface area contributed by atoms with Crippen LogP contribution in [0.2, 0.25) is 0 Å². The fraction of sp³-hybridized carbons (Fsp3) is 0.455. The summed E-state index contributed by atoms with van der Waals surface area (Å²) in [5.74, 6) is -0.362. The number of halogens is 1. The van der Waals surface area contributed by atoms with Crippen molar-refractivity contribution in [3.05, 3.63) is 24.0 Å². The minimum Gasteiger partial charge on any atom is -0.399 e. The second kappa shape index (κ2) is 4.49. The van der Waals surface area contributed by atoms with Crippen LogP contribution in [-0.2, 0) is 0 Å². The first kappa shape index (κ1) is 11.8. The smallest absolute Gasteiger partial charge is 0.127 e. The highest BCUT2D eigenvalue weighted by Crippen LogP contribution is 2.19. The van der Waals surface area contributed by atoms with E-state index in [2.05, 4.69) is 5.32 Å². The lowest BCUT2D eigenvalue weighted by Crippen LogP contribution is -2.26. The molecule has 84 valence electrons. The largest absolute Gasteiger partial charge is 0.399 e. The molecule has 0 radical (unpaired) electrons. The van der Waals surface area contributed by atoms with Gasteiger partial charge in [-0.15, -0.1) is 0 Å². The van der Waals surface area contributed by atoms with E-state index in [0.717, 1.165) is 0 Å². The second-order valence-electron chi connectivity index (χ2n) is 4.45. The van der Waals surface area contributed by atoms with E-state index in [0.29, 0.717) is 17.9 Å². The maximum Gasteiger partial charge on any atom is 0.127 e. The van der Waals surface area contributed by atoms with E-state index in [1.54, 1.807) is 6.07 Å². The summed E-state index contributed by atoms with van der Waals surface area (Å²) >= 11 is 0. The Labute approximate surface area is 89.1 Å². The summed E-state index contributed by atoms with van der Waals surface area (Å²) in [5.41, 5.74) is 6.29. The highest BCUT2D eigenvalue weighted by atomic mass is 19.1. The predicted molar refractivity (Wildman–Crippen MR) is 60.2 cm³/mol. The van der Waals surface area contributed by atoms with Crippen LogP contribution >= 0.6 is 0 Å². The standard InChI is InChI=1S/C11H17FN2O/c1-11(2,7-15)6-14-10-4-8(12)3-9(13)5-10/h3-5,14-15H,6-7,13H2,1-2H3. The Morgan fingerprint density at radius 1 is 1.40 bits per heavy atom. The summed E-state index contributed by atoms with van der Waals surface area (Å²) in [7, 11) is 0. The van der Waals surface area contributed by atoms with E-state index in [-0.39, 0.29) is 17.8 Å². The molecule has 0 spiro atoms. The van der Waals surface area contributed by atoms with Crippen molar-refractivity contribution < 1.29 is 9.50 Å². The zero-order valence-electron chi connectivity index (χ0n) is 9.05. The van der Waals surface area contributed by atoms with Gasteiger partial charge in [0.2, 0.25) is 0 Å². The summed E-state index contributed by atoms with van der Waals surface area (Å²) in [6.45, 7) is 4.47. The van der Waals surface area contributed by atoms with Crippen LogP contribution in [0.1, 0.15) is 13.8 Å². The molecule has 3 nitrogen and oxygen atoms in total. The molecule has 0 heterocycles. The lowest BCUT2D eigenvalue weighted by molar-refractivity contribution is 0.171. The van der Waals surface area contributed by atoms with Gasteiger partial charge in [-0.1, -0.05) is 13.8 Å². The molecule has 0 unspecified atom stereocenters. The molecule has 0 saturated carbocycles. The molecule has 0 aliphatic carbocycles. The highest BCUT2D eigenvalue weighted by molar-refractivity contribution is 5.54. The van der Waals surface area contributed by atoms with Crippen LogP contribution in [0.15, 0.2) is 18.2 Å². The van der Waals surface area contributed by atoms with Crippen molar-refractivity contribution >= 4 is 11.4 Å². The molecule has 0 fully saturated rings. The zero-order valence-corrected chi connectivity index (χ0v) is 9.05. The number of nitrogens with two attached hydrogens (primary N) is 1. The van der Waals surface area contributed by atoms with Gasteiger partial charge in [-0.3, -0.25) is 0 Å². The lowest BCUT2D eigenvalue weighted by Gasteiger charge is -2.22. The first-order valence-electron chi connectivity index (χ1n) is 4.84. The quantitative estimate of drug-likeness (QED) is 0.667. The Hall–Kier alpha value is -1.29. The number of anilines is 2. The average molecular weight is 212 g/mol. The monoisotopic (exact) mass is 212 g/mol. The van der Waals surface area contributed by atoms with Gasteiger partial charge >= 0.3 is 0 Å². The Morgan fingerprint density at radius 2 is 2.07 bits per heavy atom. The van der Waals surface area contributed by atoms with E-state index in [1.807, 2.05) is 13.8 Å². The van der Waals surface area contributed by atoms with Crippen molar-refractivity contribution in [1.29, 1.82) is 0 Å². The molecule has 0 aliphatic rings. The molecule has 0 bridgehead atoms. The number of benzene rings is 1. The minimum absolute atomic E-state index is 0.0742. The number of aliphatic hydroxyl groups excluding tert-OH is 1. The van der Waals surface area contributed by atoms with Gasteiger partial charge in [-0.25, -0.2) is 4.39 Å². The summed E-state index contributed by atoms with van der Waals surface area (Å²) < 4.78 is 13.0. The molecule has 1 aromatic rings. The Balaban J connectivity index is 2.65. The SMILES string of the molecule is CC(C)(CO)CNc1cc(N)cc(F)c1. The number of hydrogen-bond acceptors (Lipinski definition) is 3. The van der Waals surface area contributed by atoms with Gasteiger partial charge in [0.1, 0.15) is 5.82 Å². The van der Waals surface area contributed by atoms with E-state index < -0.39 is 0 Å². The predicted octanol–water partition coefficient (Wildman–Crippen LogP) is 1.84. The number of nitrogens with one attached hydrogen (secondary N) is 1. The van der Waals surface area contributed by atoms with Crippen LogP contribution in [-0.4, -0.2) is 18.3 Å². The summed E-state index contributed by atoms with van der Waals surface area (Å²) in [5, 5.41) is 12.1. The van der Waals surface area contributed by atoms with Gasteiger partial charge in [-0.2, -0.15) is 0 Å². The molecule has 1 rings (SSSR count). The molecule has 0 aromatic heterocycles. The van der Waals surface area contributed by atoms with Gasteiger partial charge in [0, 0.05) is 29.9 Å². The summed E-state index contributed by atoms with van der Waals surface area (Å²) in [6, 6.07) is 4.31. The van der Waals surface area contributed by atoms with Crippen LogP contribution in [0.25, 0.3) is 0 Å². The number of rotatable bonds is 4. The molecule has 15 heavy (non-hydrogen) atoms. The van der Waals surface area contributed by atoms with Crippen molar-refractivity contribution in [2.45, 2.75) is 13.8 Å². The average Bonchev–Trinajstić information content (AvgIpc) is 2.14. The van der Waals surface area contributed by atoms with Gasteiger partial charge in [0.15, 0.2) is 0 Å². The third kappa shape index (κ3) is 3.75. The van der Waals surface area contributed by atoms with Crippen molar-refractivity contribution in [3.8, 4) is 0 Å². The van der Waals surface area contributed by atoms with Crippen LogP contribution < -0.4 is 11.1 Å². The third-order valence-corrected chi connectivity index (χ3v) is 2.12. The fourth-order valence-electron chi connectivity index (χ4n) is 1.11. The van der Waals surface area contributed by atoms with E-state index in [9.17, 15) is 4.39 Å². The number of aliphatic hydroxyl groups is 1. The van der Waals surface area contributed by atoms with Crippen molar-refractivity contribution in [1.82, 2.24) is 0 Å². The topological polar surface area (TPSA) is 58.3 Å². The van der Waals surface area contributed by atoms with Crippen molar-refractivity contribution in [2.24, 2.45) is 5.41 Å². The van der Waals surface area contributed by atoms with Gasteiger partial charge in [-0.05, 0) is 18.2 Å². The number of nitrogen functional groups attached to an aromatic ring is 1. The molecule has 4 N–H and O–H groups in total. The van der Waals surface area contributed by atoms with Crippen LogP contribution in [0, 0.1) is 11.2 Å². The molecule has 0 amide bonds. The highest BCUT2D eigenvalue weighted by Gasteiger charge is 2.15. The molecule has 0 saturated heterocycles. The maximum atomic E-state index is 13.0. The van der Waals surface area contributed by atoms with E-state index in [1.165, 1.54) is 12.1 Å².